The lowest BCUT2D eigenvalue weighted by Crippen LogP contribution is -2.54. The van der Waals surface area contributed by atoms with Gasteiger partial charge in [0, 0.05) is 38.6 Å². The average molecular weight is 519 g/mol. The average Bonchev–Trinajstić information content (AvgIpc) is 2.86. The number of likely N-dealkylation sites (N-methyl/N-ethyl adjacent to an activating group) is 1. The smallest absolute Gasteiger partial charge is 0.303 e. The monoisotopic (exact) mass is 518 g/mol. The van der Waals surface area contributed by atoms with Gasteiger partial charge >= 0.3 is 5.97 Å². The van der Waals surface area contributed by atoms with Gasteiger partial charge in [0.2, 0.25) is 5.91 Å². The summed E-state index contributed by atoms with van der Waals surface area (Å²) in [6, 6.07) is 3.88. The number of amidine groups is 1. The molecule has 204 valence electrons. The number of carbonyl (C=O) groups is 3. The third-order valence-electron chi connectivity index (χ3n) is 7.85. The minimum atomic E-state index is -0.917. The van der Waals surface area contributed by atoms with Gasteiger partial charge in [-0.25, -0.2) is 4.39 Å². The lowest BCUT2D eigenvalue weighted by molar-refractivity contribution is -0.539. The van der Waals surface area contributed by atoms with E-state index in [1.54, 1.807) is 24.8 Å². The Labute approximate surface area is 218 Å². The van der Waals surface area contributed by atoms with Crippen LogP contribution in [0.1, 0.15) is 62.4 Å². The lowest BCUT2D eigenvalue weighted by atomic mass is 9.80. The molecule has 2 fully saturated rings. The number of rotatable bonds is 8. The van der Waals surface area contributed by atoms with Gasteiger partial charge in [-0.15, -0.1) is 0 Å². The van der Waals surface area contributed by atoms with Crippen LogP contribution < -0.4 is 11.1 Å². The molecule has 2 heterocycles. The van der Waals surface area contributed by atoms with Gasteiger partial charge in [0.05, 0.1) is 29.6 Å². The SMILES string of the molecule is CCC(NC(=O)c1ccc(C(N)=[N+]2CCN(C)CC2)cc1F)C(C)(C)C(=O)N1CCC(CC(=O)O)CC1. The Hall–Kier alpha value is -3.01. The first-order valence-electron chi connectivity index (χ1n) is 13.1. The molecule has 1 aromatic carbocycles. The Kier molecular flexibility index (Phi) is 9.28. The van der Waals surface area contributed by atoms with Crippen LogP contribution in [-0.2, 0) is 9.59 Å². The van der Waals surface area contributed by atoms with Crippen molar-refractivity contribution < 1.29 is 28.5 Å². The van der Waals surface area contributed by atoms with E-state index in [-0.39, 0.29) is 23.8 Å². The molecule has 0 radical (unpaired) electrons. The van der Waals surface area contributed by atoms with Crippen LogP contribution in [0.3, 0.4) is 0 Å². The number of nitrogens with two attached hydrogens (primary N) is 1. The normalized spacial score (nSPS) is 18.4. The van der Waals surface area contributed by atoms with Gasteiger partial charge in [-0.1, -0.05) is 6.92 Å². The van der Waals surface area contributed by atoms with E-state index in [0.29, 0.717) is 43.8 Å². The minimum Gasteiger partial charge on any atom is -0.481 e. The fourth-order valence-electron chi connectivity index (χ4n) is 5.26. The zero-order valence-corrected chi connectivity index (χ0v) is 22.4. The summed E-state index contributed by atoms with van der Waals surface area (Å²) >= 11 is 0. The van der Waals surface area contributed by atoms with E-state index in [2.05, 4.69) is 10.2 Å². The molecule has 3 rings (SSSR count). The molecular formula is C27H41FN5O4+. The third kappa shape index (κ3) is 6.85. The highest BCUT2D eigenvalue weighted by molar-refractivity contribution is 5.98. The zero-order chi connectivity index (χ0) is 27.3. The Balaban J connectivity index is 1.67. The maximum Gasteiger partial charge on any atom is 0.303 e. The van der Waals surface area contributed by atoms with Crippen molar-refractivity contribution in [1.29, 1.82) is 0 Å². The van der Waals surface area contributed by atoms with Crippen LogP contribution in [0.4, 0.5) is 4.39 Å². The largest absolute Gasteiger partial charge is 0.481 e. The molecule has 1 atom stereocenters. The number of carboxylic acids is 1. The molecule has 4 N–H and O–H groups in total. The molecule has 2 amide bonds. The highest BCUT2D eigenvalue weighted by Gasteiger charge is 2.41. The van der Waals surface area contributed by atoms with Crippen molar-refractivity contribution in [2.75, 3.05) is 46.3 Å². The number of likely N-dealkylation sites (tertiary alicyclic amines) is 1. The van der Waals surface area contributed by atoms with Crippen molar-refractivity contribution >= 4 is 23.6 Å². The summed E-state index contributed by atoms with van der Waals surface area (Å²) in [5, 5.41) is 11.9. The van der Waals surface area contributed by atoms with Crippen molar-refractivity contribution in [1.82, 2.24) is 15.1 Å². The standard InChI is InChI=1S/C27H40FN5O4/c1-5-22(27(2,3)26(37)33-10-8-18(9-11-33)16-23(34)35)30-25(36)20-7-6-19(17-21(20)28)24(29)32-14-12-31(4)13-15-32/h6-7,17-18,22,29H,5,8-16H2,1-4H3,(H2,30,34,35,36)/p+1. The zero-order valence-electron chi connectivity index (χ0n) is 22.4. The van der Waals surface area contributed by atoms with E-state index >= 15 is 4.39 Å². The molecule has 0 saturated carbocycles. The number of halogens is 1. The number of nitrogens with one attached hydrogen (secondary N) is 1. The molecule has 0 spiro atoms. The number of hydrogen-bond donors (Lipinski definition) is 3. The predicted octanol–water partition coefficient (Wildman–Crippen LogP) is 1.74. The van der Waals surface area contributed by atoms with E-state index in [1.807, 2.05) is 18.5 Å². The highest BCUT2D eigenvalue weighted by Crippen LogP contribution is 2.30. The molecule has 10 heteroatoms. The lowest BCUT2D eigenvalue weighted by Gasteiger charge is -2.40. The summed E-state index contributed by atoms with van der Waals surface area (Å²) in [7, 11) is 2.04. The van der Waals surface area contributed by atoms with Crippen LogP contribution in [0.25, 0.3) is 0 Å². The molecule has 2 aliphatic rings. The van der Waals surface area contributed by atoms with E-state index in [9.17, 15) is 14.4 Å². The summed E-state index contributed by atoms with van der Waals surface area (Å²) in [6.07, 6.45) is 1.89. The number of amides is 2. The van der Waals surface area contributed by atoms with Gasteiger partial charge in [0.1, 0.15) is 5.82 Å². The number of carbonyl (C=O) groups excluding carboxylic acids is 2. The number of aliphatic carboxylic acids is 1. The van der Waals surface area contributed by atoms with Crippen LogP contribution in [0.15, 0.2) is 18.2 Å². The van der Waals surface area contributed by atoms with Gasteiger partial charge in [-0.2, -0.15) is 0 Å². The van der Waals surface area contributed by atoms with E-state index < -0.39 is 29.2 Å². The topological polar surface area (TPSA) is 119 Å². The van der Waals surface area contributed by atoms with E-state index in [1.165, 1.54) is 12.1 Å². The first kappa shape index (κ1) is 28.6. The van der Waals surface area contributed by atoms with Crippen molar-refractivity contribution in [2.45, 2.75) is 52.5 Å². The second-order valence-corrected chi connectivity index (χ2v) is 10.9. The number of piperidine rings is 1. The second-order valence-electron chi connectivity index (χ2n) is 10.9. The minimum absolute atomic E-state index is 0.0693. The molecule has 1 aromatic rings. The maximum atomic E-state index is 15.0. The van der Waals surface area contributed by atoms with E-state index in [4.69, 9.17) is 10.8 Å². The highest BCUT2D eigenvalue weighted by atomic mass is 19.1. The van der Waals surface area contributed by atoms with Crippen molar-refractivity contribution in [3.63, 3.8) is 0 Å². The molecule has 2 saturated heterocycles. The molecule has 0 bridgehead atoms. The fourth-order valence-corrected chi connectivity index (χ4v) is 5.26. The van der Waals surface area contributed by atoms with Gasteiger partial charge in [-0.3, -0.25) is 29.6 Å². The summed E-state index contributed by atoms with van der Waals surface area (Å²) in [4.78, 5) is 41.4. The molecule has 0 aliphatic carbocycles. The molecular weight excluding hydrogens is 477 g/mol. The van der Waals surface area contributed by atoms with Crippen LogP contribution in [0, 0.1) is 17.2 Å². The van der Waals surface area contributed by atoms with Gasteiger partial charge in [0.25, 0.3) is 11.7 Å². The Morgan fingerprint density at radius 2 is 1.81 bits per heavy atom. The first-order valence-corrected chi connectivity index (χ1v) is 13.1. The Morgan fingerprint density at radius 1 is 1.19 bits per heavy atom. The van der Waals surface area contributed by atoms with Crippen LogP contribution in [-0.4, -0.2) is 95.5 Å². The fraction of sp³-hybridized carbons (Fsp3) is 0.630. The number of carboxylic acid groups (broad SMARTS) is 1. The number of hydrogen-bond acceptors (Lipinski definition) is 4. The molecule has 9 nitrogen and oxygen atoms in total. The van der Waals surface area contributed by atoms with Gasteiger partial charge < -0.3 is 15.3 Å². The molecule has 2 aliphatic heterocycles. The van der Waals surface area contributed by atoms with Crippen molar-refractivity contribution in [3.8, 4) is 0 Å². The first-order chi connectivity index (χ1) is 17.4. The van der Waals surface area contributed by atoms with Gasteiger partial charge in [0.15, 0.2) is 0 Å². The number of nitrogens with zero attached hydrogens (tertiary/aromatic N) is 3. The number of benzene rings is 1. The third-order valence-corrected chi connectivity index (χ3v) is 7.85. The van der Waals surface area contributed by atoms with Crippen LogP contribution in [0.5, 0.6) is 0 Å². The maximum absolute atomic E-state index is 15.0. The summed E-state index contributed by atoms with van der Waals surface area (Å²) in [6.45, 7) is 9.70. The second kappa shape index (κ2) is 12.0. The summed E-state index contributed by atoms with van der Waals surface area (Å²) in [5.41, 5.74) is 5.82. The molecule has 1 unspecified atom stereocenters. The molecule has 37 heavy (non-hydrogen) atoms. The van der Waals surface area contributed by atoms with Gasteiger partial charge in [-0.05, 0) is 64.3 Å². The predicted molar refractivity (Wildman–Crippen MR) is 139 cm³/mol. The van der Waals surface area contributed by atoms with Crippen molar-refractivity contribution in [2.24, 2.45) is 17.1 Å². The quantitative estimate of drug-likeness (QED) is 0.356. The summed E-state index contributed by atoms with van der Waals surface area (Å²) in [5.74, 6) is -1.59. The van der Waals surface area contributed by atoms with E-state index in [0.717, 1.165) is 26.2 Å². The molecule has 0 aromatic heterocycles. The van der Waals surface area contributed by atoms with Crippen LogP contribution in [0.2, 0.25) is 0 Å². The number of piperazine rings is 1. The Morgan fingerprint density at radius 3 is 2.35 bits per heavy atom. The van der Waals surface area contributed by atoms with Crippen molar-refractivity contribution in [3.05, 3.63) is 35.1 Å². The van der Waals surface area contributed by atoms with Crippen LogP contribution >= 0.6 is 0 Å². The summed E-state index contributed by atoms with van der Waals surface area (Å²) < 4.78 is 17.1. The Bertz CT molecular complexity index is 1040.